The Morgan fingerprint density at radius 1 is 0.446 bits per heavy atom. The smallest absolute Gasteiger partial charge is 0.112 e. The maximum Gasteiger partial charge on any atom is 0.112 e. The summed E-state index contributed by atoms with van der Waals surface area (Å²) in [6.07, 6.45) is 17.1. The van der Waals surface area contributed by atoms with Crippen molar-refractivity contribution >= 4 is 11.3 Å². The van der Waals surface area contributed by atoms with Crippen molar-refractivity contribution < 1.29 is 9.52 Å². The van der Waals surface area contributed by atoms with Gasteiger partial charge in [-0.25, -0.2) is 0 Å². The number of aliphatic hydroxyl groups is 1. The number of thiophene rings is 1. The second kappa shape index (κ2) is 28.1. The van der Waals surface area contributed by atoms with E-state index in [-0.39, 0.29) is 49.9 Å². The first-order valence-electron chi connectivity index (χ1n) is 31.7. The van der Waals surface area contributed by atoms with E-state index in [1.54, 1.807) is 34.1 Å². The van der Waals surface area contributed by atoms with E-state index in [0.29, 0.717) is 21.7 Å². The van der Waals surface area contributed by atoms with Crippen molar-refractivity contribution in [3.8, 4) is 0 Å². The highest BCUT2D eigenvalue weighted by molar-refractivity contribution is 7.10. The Labute approximate surface area is 520 Å². The third-order valence-corrected chi connectivity index (χ3v) is 16.8. The number of hydrogen-bond donors (Lipinski definition) is 1. The Morgan fingerprint density at radius 2 is 0.904 bits per heavy atom. The van der Waals surface area contributed by atoms with Crippen LogP contribution in [0.3, 0.4) is 0 Å². The normalized spacial score (nSPS) is 16.0. The minimum Gasteiger partial charge on any atom is -0.468 e. The summed E-state index contributed by atoms with van der Waals surface area (Å²) in [6, 6.07) is 8.56. The van der Waals surface area contributed by atoms with Gasteiger partial charge >= 0.3 is 0 Å². The van der Waals surface area contributed by atoms with Crippen LogP contribution < -0.4 is 0 Å². The Hall–Kier alpha value is -3.47. The van der Waals surface area contributed by atoms with Gasteiger partial charge in [-0.05, 0) is 149 Å². The summed E-state index contributed by atoms with van der Waals surface area (Å²) in [6.45, 7) is 84.1. The molecule has 0 radical (unpaired) electrons. The molecule has 472 valence electrons. The molecule has 3 aromatic heterocycles. The predicted molar refractivity (Wildman–Crippen MR) is 374 cm³/mol. The first-order chi connectivity index (χ1) is 36.7. The minimum atomic E-state index is 0.103. The van der Waals surface area contributed by atoms with Crippen molar-refractivity contribution in [2.45, 2.75) is 314 Å². The number of aliphatic hydroxyl groups excluding tert-OH is 1. The van der Waals surface area contributed by atoms with Crippen LogP contribution in [0.15, 0.2) is 115 Å². The lowest BCUT2D eigenvalue weighted by Crippen LogP contribution is -2.23. The van der Waals surface area contributed by atoms with Gasteiger partial charge in [-0.1, -0.05) is 302 Å². The first kappa shape index (κ1) is 77.5. The van der Waals surface area contributed by atoms with Gasteiger partial charge in [-0.3, -0.25) is 4.98 Å². The molecular weight excluding hydrogens is 1030 g/mol. The molecule has 0 aliphatic heterocycles. The number of allylic oxidation sites excluding steroid dienone is 11. The predicted octanol–water partition coefficient (Wildman–Crippen LogP) is 25.0. The molecule has 3 heterocycles. The highest BCUT2D eigenvalue weighted by Gasteiger charge is 2.35. The van der Waals surface area contributed by atoms with Crippen LogP contribution in [0.2, 0.25) is 0 Å². The van der Waals surface area contributed by atoms with Crippen LogP contribution in [0.5, 0.6) is 0 Å². The molecule has 0 saturated carbocycles. The summed E-state index contributed by atoms with van der Waals surface area (Å²) < 4.78 is 5.56. The van der Waals surface area contributed by atoms with Crippen molar-refractivity contribution in [1.29, 1.82) is 0 Å². The van der Waals surface area contributed by atoms with Gasteiger partial charge in [-0.15, -0.1) is 11.3 Å². The molecule has 3 aliphatic carbocycles. The van der Waals surface area contributed by atoms with Crippen molar-refractivity contribution in [3.05, 3.63) is 144 Å². The number of furan rings is 1. The molecule has 6 rings (SSSR count). The largest absolute Gasteiger partial charge is 0.468 e. The van der Waals surface area contributed by atoms with Crippen LogP contribution >= 0.6 is 11.3 Å². The highest BCUT2D eigenvalue weighted by atomic mass is 32.1. The molecule has 1 N–H and O–H groups in total. The zero-order valence-electron chi connectivity index (χ0n) is 61.6. The maximum absolute atomic E-state index is 9.14. The zero-order valence-corrected chi connectivity index (χ0v) is 62.4. The fourth-order valence-electron chi connectivity index (χ4n) is 11.5. The Kier molecular flexibility index (Phi) is 26.3. The van der Waals surface area contributed by atoms with E-state index in [4.69, 9.17) is 9.52 Å². The van der Waals surface area contributed by atoms with E-state index in [1.807, 2.05) is 23.6 Å². The van der Waals surface area contributed by atoms with E-state index in [9.17, 15) is 0 Å². The number of nitrogens with zero attached hydrogens (tertiary/aromatic N) is 1. The topological polar surface area (TPSA) is 46.3 Å². The molecule has 83 heavy (non-hydrogen) atoms. The molecule has 3 aliphatic rings. The monoisotopic (exact) mass is 1160 g/mol. The van der Waals surface area contributed by atoms with Gasteiger partial charge in [0.1, 0.15) is 5.76 Å². The third-order valence-electron chi connectivity index (χ3n) is 15.5. The number of pyridine rings is 1. The Balaban J connectivity index is 0.000000499. The van der Waals surface area contributed by atoms with Crippen molar-refractivity contribution in [1.82, 2.24) is 4.98 Å². The lowest BCUT2D eigenvalue weighted by Gasteiger charge is -2.31. The van der Waals surface area contributed by atoms with Gasteiger partial charge in [0.25, 0.3) is 0 Å². The molecule has 0 fully saturated rings. The van der Waals surface area contributed by atoms with Gasteiger partial charge in [0, 0.05) is 34.2 Å². The number of hydrogen-bond acceptors (Lipinski definition) is 4. The van der Waals surface area contributed by atoms with Crippen LogP contribution in [-0.2, 0) is 32.5 Å². The third kappa shape index (κ3) is 24.0. The molecule has 0 saturated heterocycles. The van der Waals surface area contributed by atoms with Crippen LogP contribution in [0.4, 0.5) is 0 Å². The van der Waals surface area contributed by atoms with E-state index in [1.165, 1.54) is 44.0 Å². The highest BCUT2D eigenvalue weighted by Crippen LogP contribution is 2.48. The first-order valence-corrected chi connectivity index (χ1v) is 32.6. The molecule has 0 aromatic carbocycles. The molecule has 0 bridgehead atoms. The van der Waals surface area contributed by atoms with Crippen LogP contribution in [-0.4, -0.2) is 16.7 Å². The van der Waals surface area contributed by atoms with Gasteiger partial charge in [0.15, 0.2) is 0 Å². The molecule has 0 atom stereocenters. The van der Waals surface area contributed by atoms with Gasteiger partial charge < -0.3 is 9.52 Å². The molecule has 3 aromatic rings. The molecule has 0 amide bonds. The quantitative estimate of drug-likeness (QED) is 0.278. The molecular formula is C79H133NO2S. The number of rotatable bonds is 2. The molecule has 0 unspecified atom stereocenters. The van der Waals surface area contributed by atoms with E-state index in [0.717, 1.165) is 31.4 Å². The second-order valence-corrected chi connectivity index (χ2v) is 37.3. The second-order valence-electron chi connectivity index (χ2n) is 36.4. The van der Waals surface area contributed by atoms with E-state index < -0.39 is 0 Å². The summed E-state index contributed by atoms with van der Waals surface area (Å²) in [4.78, 5) is 6.04. The lowest BCUT2D eigenvalue weighted by atomic mass is 9.74. The molecule has 4 heteroatoms. The summed E-state index contributed by atoms with van der Waals surface area (Å²) in [5.74, 6) is 1.11. The van der Waals surface area contributed by atoms with Crippen LogP contribution in [0, 0.1) is 32.5 Å². The average Bonchev–Trinajstić information content (AvgIpc) is 4.11. The minimum absolute atomic E-state index is 0.103. The van der Waals surface area contributed by atoms with Gasteiger partial charge in [0.2, 0.25) is 0 Å². The van der Waals surface area contributed by atoms with Crippen molar-refractivity contribution in [3.63, 3.8) is 0 Å². The van der Waals surface area contributed by atoms with E-state index >= 15 is 0 Å². The fraction of sp³-hybridized carbons (Fsp3) is 0.684. The zero-order chi connectivity index (χ0) is 65.5. The standard InChI is InChI=1S/C15H26O.C14H24.C13H21N.C13H22.C12H20O.C12H20S/c1-14(2,3)12-8-7-11(9-10-16)13(12)15(4,5)6;1-10-8-9-11(13(2,3)4)12(10)14(5,6)7;1-12(2,3)10-8-7-9-14-11(10)13(4,5)6;1-12(2,3)10-8-7-9-11(10)13(4,5)6;2*1-11(2,3)9-7-8-13-10(9)12(4,5)6/h7,16H,8-10H2,1-6H3;8H,9H2,1-7H3;7-9H,1-6H3;7-8H,9H2,1-6H3;2*7-8H,1-6H3. The van der Waals surface area contributed by atoms with Gasteiger partial charge in [-0.2, -0.15) is 0 Å². The number of aromatic nitrogens is 1. The fourth-order valence-corrected chi connectivity index (χ4v) is 12.7. The summed E-state index contributed by atoms with van der Waals surface area (Å²) >= 11 is 1.88. The molecule has 0 spiro atoms. The SMILES string of the molecule is CC(C)(C)C1=C(C(C)(C)C)C(CCO)=CC1.CC(C)(C)C1=C(C(C)(C)C)CC=C1.CC(C)(C)c1cccnc1C(C)(C)C.CC(C)(C)c1ccoc1C(C)(C)C.CC(C)(C)c1ccsc1C(C)(C)C.CC1=CCC(C(C)(C)C)=C1C(C)(C)C. The average molecular weight is 1160 g/mol. The van der Waals surface area contributed by atoms with Crippen molar-refractivity contribution in [2.75, 3.05) is 6.61 Å². The van der Waals surface area contributed by atoms with Crippen molar-refractivity contribution in [2.24, 2.45) is 32.5 Å². The Bertz CT molecular complexity index is 2570. The molecule has 3 nitrogen and oxygen atoms in total. The summed E-state index contributed by atoms with van der Waals surface area (Å²) in [5.41, 5.74) is 20.4. The Morgan fingerprint density at radius 3 is 1.23 bits per heavy atom. The van der Waals surface area contributed by atoms with E-state index in [2.05, 4.69) is 309 Å². The van der Waals surface area contributed by atoms with Crippen LogP contribution in [0.1, 0.15) is 315 Å². The van der Waals surface area contributed by atoms with Gasteiger partial charge in [0.05, 0.1) is 6.26 Å². The van der Waals surface area contributed by atoms with Crippen LogP contribution in [0.25, 0.3) is 0 Å². The summed E-state index contributed by atoms with van der Waals surface area (Å²) in [5, 5.41) is 11.3. The maximum atomic E-state index is 9.14. The lowest BCUT2D eigenvalue weighted by molar-refractivity contribution is 0.298. The summed E-state index contributed by atoms with van der Waals surface area (Å²) in [7, 11) is 0.